The lowest BCUT2D eigenvalue weighted by Crippen LogP contribution is -1.97. The highest BCUT2D eigenvalue weighted by molar-refractivity contribution is 5.67. The third-order valence-electron chi connectivity index (χ3n) is 2.11. The maximum Gasteiger partial charge on any atom is 0.303 e. The van der Waals surface area contributed by atoms with Crippen LogP contribution in [0.2, 0.25) is 0 Å². The number of carboxylic acid groups (broad SMARTS) is 1. The molecule has 0 saturated carbocycles. The van der Waals surface area contributed by atoms with Gasteiger partial charge >= 0.3 is 5.97 Å². The first kappa shape index (κ1) is 9.51. The Kier molecular flexibility index (Phi) is 2.29. The van der Waals surface area contributed by atoms with Gasteiger partial charge in [0.1, 0.15) is 0 Å². The lowest BCUT2D eigenvalue weighted by atomic mass is 10.2. The lowest BCUT2D eigenvalue weighted by Gasteiger charge is -1.92. The van der Waals surface area contributed by atoms with Crippen LogP contribution in [-0.2, 0) is 11.2 Å². The SMILES string of the molecule is O=C(O)CCc1cn2cccc(O)c2n1. The summed E-state index contributed by atoms with van der Waals surface area (Å²) >= 11 is 0. The number of pyridine rings is 1. The normalized spacial score (nSPS) is 10.7. The Bertz CT molecular complexity index is 504. The quantitative estimate of drug-likeness (QED) is 0.787. The van der Waals surface area contributed by atoms with Gasteiger partial charge in [-0.2, -0.15) is 0 Å². The van der Waals surface area contributed by atoms with Crippen molar-refractivity contribution in [2.75, 3.05) is 0 Å². The zero-order valence-electron chi connectivity index (χ0n) is 7.92. The van der Waals surface area contributed by atoms with E-state index in [0.717, 1.165) is 0 Å². The highest BCUT2D eigenvalue weighted by Crippen LogP contribution is 2.17. The van der Waals surface area contributed by atoms with Crippen LogP contribution in [0.4, 0.5) is 0 Å². The van der Waals surface area contributed by atoms with Crippen LogP contribution in [-0.4, -0.2) is 25.6 Å². The molecule has 5 heteroatoms. The average molecular weight is 206 g/mol. The summed E-state index contributed by atoms with van der Waals surface area (Å²) in [6.45, 7) is 0. The molecule has 2 heterocycles. The minimum Gasteiger partial charge on any atom is -0.504 e. The molecule has 2 rings (SSSR count). The molecule has 0 spiro atoms. The van der Waals surface area contributed by atoms with Crippen molar-refractivity contribution in [3.8, 4) is 5.75 Å². The van der Waals surface area contributed by atoms with Crippen molar-refractivity contribution in [3.63, 3.8) is 0 Å². The molecule has 0 aliphatic carbocycles. The molecule has 0 bridgehead atoms. The first-order valence-electron chi connectivity index (χ1n) is 4.54. The van der Waals surface area contributed by atoms with E-state index in [1.165, 1.54) is 0 Å². The topological polar surface area (TPSA) is 74.8 Å². The van der Waals surface area contributed by atoms with Gasteiger partial charge in [-0.05, 0) is 12.1 Å². The Labute approximate surface area is 85.6 Å². The predicted molar refractivity (Wildman–Crippen MR) is 52.8 cm³/mol. The van der Waals surface area contributed by atoms with Gasteiger partial charge in [0, 0.05) is 18.8 Å². The number of hydrogen-bond donors (Lipinski definition) is 2. The number of fused-ring (bicyclic) bond motifs is 1. The number of aliphatic carboxylic acids is 1. The van der Waals surface area contributed by atoms with Crippen molar-refractivity contribution in [1.82, 2.24) is 9.38 Å². The number of carboxylic acids is 1. The molecule has 0 atom stereocenters. The smallest absolute Gasteiger partial charge is 0.303 e. The van der Waals surface area contributed by atoms with Gasteiger partial charge in [0.05, 0.1) is 12.1 Å². The molecule has 78 valence electrons. The van der Waals surface area contributed by atoms with Gasteiger partial charge in [0.15, 0.2) is 11.4 Å². The van der Waals surface area contributed by atoms with Crippen LogP contribution in [0.3, 0.4) is 0 Å². The minimum atomic E-state index is -0.851. The molecule has 0 saturated heterocycles. The Balaban J connectivity index is 2.31. The van der Waals surface area contributed by atoms with Crippen LogP contribution >= 0.6 is 0 Å². The maximum absolute atomic E-state index is 10.4. The first-order chi connectivity index (χ1) is 7.16. The third-order valence-corrected chi connectivity index (χ3v) is 2.11. The lowest BCUT2D eigenvalue weighted by molar-refractivity contribution is -0.136. The molecule has 0 unspecified atom stereocenters. The largest absolute Gasteiger partial charge is 0.504 e. The fraction of sp³-hybridized carbons (Fsp3) is 0.200. The van der Waals surface area contributed by atoms with Crippen molar-refractivity contribution in [2.24, 2.45) is 0 Å². The maximum atomic E-state index is 10.4. The molecule has 0 aliphatic rings. The number of imidazole rings is 1. The summed E-state index contributed by atoms with van der Waals surface area (Å²) in [4.78, 5) is 14.5. The van der Waals surface area contributed by atoms with E-state index in [9.17, 15) is 9.90 Å². The van der Waals surface area contributed by atoms with Crippen LogP contribution in [0, 0.1) is 0 Å². The first-order valence-corrected chi connectivity index (χ1v) is 4.54. The van der Waals surface area contributed by atoms with Crippen LogP contribution in [0.25, 0.3) is 5.65 Å². The molecular formula is C10H10N2O3. The fourth-order valence-corrected chi connectivity index (χ4v) is 1.40. The van der Waals surface area contributed by atoms with E-state index in [1.54, 1.807) is 28.9 Å². The summed E-state index contributed by atoms with van der Waals surface area (Å²) in [7, 11) is 0. The molecule has 2 aromatic rings. The number of carbonyl (C=O) groups is 1. The monoisotopic (exact) mass is 206 g/mol. The molecule has 2 aromatic heterocycles. The molecule has 0 amide bonds. The van der Waals surface area contributed by atoms with E-state index < -0.39 is 5.97 Å². The second-order valence-electron chi connectivity index (χ2n) is 3.25. The molecule has 2 N–H and O–H groups in total. The standard InChI is InChI=1S/C10H10N2O3/c13-8-2-1-5-12-6-7(11-10(8)12)3-4-9(14)15/h1-2,5-6,13H,3-4H2,(H,14,15). The highest BCUT2D eigenvalue weighted by Gasteiger charge is 2.06. The van der Waals surface area contributed by atoms with Gasteiger partial charge in [-0.1, -0.05) is 0 Å². The fourth-order valence-electron chi connectivity index (χ4n) is 1.40. The van der Waals surface area contributed by atoms with E-state index >= 15 is 0 Å². The molecule has 0 aliphatic heterocycles. The summed E-state index contributed by atoms with van der Waals surface area (Å²) in [6, 6.07) is 3.24. The van der Waals surface area contributed by atoms with E-state index in [2.05, 4.69) is 4.98 Å². The second-order valence-corrected chi connectivity index (χ2v) is 3.25. The summed E-state index contributed by atoms with van der Waals surface area (Å²) < 4.78 is 1.67. The van der Waals surface area contributed by atoms with E-state index in [0.29, 0.717) is 17.8 Å². The minimum absolute atomic E-state index is 0.0463. The van der Waals surface area contributed by atoms with Crippen LogP contribution in [0.5, 0.6) is 5.75 Å². The predicted octanol–water partition coefficient (Wildman–Crippen LogP) is 1.06. The van der Waals surface area contributed by atoms with Gasteiger partial charge in [-0.25, -0.2) is 4.98 Å². The summed E-state index contributed by atoms with van der Waals surface area (Å²) in [5.41, 5.74) is 1.12. The number of nitrogens with zero attached hydrogens (tertiary/aromatic N) is 2. The Morgan fingerprint density at radius 1 is 1.53 bits per heavy atom. The number of hydrogen-bond acceptors (Lipinski definition) is 3. The van der Waals surface area contributed by atoms with Crippen molar-refractivity contribution in [3.05, 3.63) is 30.2 Å². The van der Waals surface area contributed by atoms with Crippen LogP contribution < -0.4 is 0 Å². The van der Waals surface area contributed by atoms with Crippen LogP contribution in [0.1, 0.15) is 12.1 Å². The summed E-state index contributed by atoms with van der Waals surface area (Å²) in [5.74, 6) is -0.754. The van der Waals surface area contributed by atoms with Gasteiger partial charge in [0.25, 0.3) is 0 Å². The zero-order chi connectivity index (χ0) is 10.8. The summed E-state index contributed by atoms with van der Waals surface area (Å²) in [6.07, 6.45) is 3.89. The summed E-state index contributed by atoms with van der Waals surface area (Å²) in [5, 5.41) is 18.0. The van der Waals surface area contributed by atoms with E-state index in [4.69, 9.17) is 5.11 Å². The Morgan fingerprint density at radius 3 is 3.00 bits per heavy atom. The molecule has 0 aromatic carbocycles. The zero-order valence-corrected chi connectivity index (χ0v) is 7.92. The van der Waals surface area contributed by atoms with Crippen molar-refractivity contribution in [1.29, 1.82) is 0 Å². The number of aryl methyl sites for hydroxylation is 1. The molecule has 0 radical (unpaired) electrons. The molecule has 5 nitrogen and oxygen atoms in total. The van der Waals surface area contributed by atoms with Crippen molar-refractivity contribution < 1.29 is 15.0 Å². The van der Waals surface area contributed by atoms with Crippen molar-refractivity contribution in [2.45, 2.75) is 12.8 Å². The van der Waals surface area contributed by atoms with Gasteiger partial charge in [-0.15, -0.1) is 0 Å². The molecular weight excluding hydrogens is 196 g/mol. The van der Waals surface area contributed by atoms with E-state index in [-0.39, 0.29) is 12.2 Å². The third kappa shape index (κ3) is 1.90. The average Bonchev–Trinajstić information content (AvgIpc) is 2.59. The number of rotatable bonds is 3. The van der Waals surface area contributed by atoms with Crippen LogP contribution in [0.15, 0.2) is 24.5 Å². The second kappa shape index (κ2) is 3.61. The number of aromatic nitrogens is 2. The van der Waals surface area contributed by atoms with Crippen molar-refractivity contribution >= 4 is 11.6 Å². The molecule has 0 fully saturated rings. The highest BCUT2D eigenvalue weighted by atomic mass is 16.4. The van der Waals surface area contributed by atoms with Gasteiger partial charge < -0.3 is 14.6 Å². The van der Waals surface area contributed by atoms with E-state index in [1.807, 2.05) is 0 Å². The Hall–Kier alpha value is -2.04. The van der Waals surface area contributed by atoms with Gasteiger partial charge in [-0.3, -0.25) is 4.79 Å². The van der Waals surface area contributed by atoms with Gasteiger partial charge in [0.2, 0.25) is 0 Å². The Morgan fingerprint density at radius 2 is 2.33 bits per heavy atom. The molecule has 15 heavy (non-hydrogen) atoms. The number of aromatic hydroxyl groups is 1.